The van der Waals surface area contributed by atoms with Crippen molar-refractivity contribution in [2.75, 3.05) is 5.32 Å². The number of anilines is 1. The summed E-state index contributed by atoms with van der Waals surface area (Å²) in [7, 11) is 0. The molecule has 2 unspecified atom stereocenters. The predicted molar refractivity (Wildman–Crippen MR) is 84.0 cm³/mol. The van der Waals surface area contributed by atoms with Gasteiger partial charge in [0.1, 0.15) is 5.41 Å². The molecule has 0 heterocycles. The van der Waals surface area contributed by atoms with Crippen LogP contribution in [-0.4, -0.2) is 17.5 Å². The molecule has 6 heteroatoms. The van der Waals surface area contributed by atoms with E-state index in [0.29, 0.717) is 28.6 Å². The number of carbonyl (C=O) groups excluding carboxylic acids is 3. The summed E-state index contributed by atoms with van der Waals surface area (Å²) in [6.07, 6.45) is 0.952. The highest BCUT2D eigenvalue weighted by molar-refractivity contribution is 6.48. The maximum atomic E-state index is 12.8. The maximum absolute atomic E-state index is 12.8. The van der Waals surface area contributed by atoms with E-state index in [1.54, 1.807) is 12.1 Å². The molecular weight excluding hydrogens is 325 g/mol. The first-order valence-corrected chi connectivity index (χ1v) is 7.82. The van der Waals surface area contributed by atoms with Gasteiger partial charge < -0.3 is 5.32 Å². The van der Waals surface area contributed by atoms with E-state index in [1.165, 1.54) is 6.07 Å². The van der Waals surface area contributed by atoms with Gasteiger partial charge in [-0.25, -0.2) is 0 Å². The van der Waals surface area contributed by atoms with Gasteiger partial charge in [-0.2, -0.15) is 0 Å². The Hall–Kier alpha value is -1.39. The second kappa shape index (κ2) is 4.80. The zero-order valence-electron chi connectivity index (χ0n) is 12.2. The number of hydrogen-bond donors (Lipinski definition) is 1. The zero-order chi connectivity index (χ0) is 16.3. The van der Waals surface area contributed by atoms with Gasteiger partial charge in [-0.15, -0.1) is 0 Å². The van der Waals surface area contributed by atoms with Gasteiger partial charge in [-0.05, 0) is 36.5 Å². The third-order valence-electron chi connectivity index (χ3n) is 5.27. The van der Waals surface area contributed by atoms with Gasteiger partial charge in [0.05, 0.1) is 10.7 Å². The van der Waals surface area contributed by atoms with Crippen LogP contribution in [0.1, 0.15) is 26.7 Å². The lowest BCUT2D eigenvalue weighted by Crippen LogP contribution is -2.47. The van der Waals surface area contributed by atoms with Gasteiger partial charge >= 0.3 is 0 Å². The van der Waals surface area contributed by atoms with E-state index in [4.69, 9.17) is 23.2 Å². The Labute approximate surface area is 138 Å². The molecule has 1 aromatic rings. The number of hydrogen-bond acceptors (Lipinski definition) is 3. The number of amides is 1. The molecule has 2 aliphatic carbocycles. The average Bonchev–Trinajstić information content (AvgIpc) is 2.79. The lowest BCUT2D eigenvalue weighted by Gasteiger charge is -2.33. The van der Waals surface area contributed by atoms with Crippen LogP contribution in [0, 0.1) is 16.7 Å². The lowest BCUT2D eigenvalue weighted by atomic mass is 9.68. The number of rotatable bonds is 2. The highest BCUT2D eigenvalue weighted by Crippen LogP contribution is 2.62. The fraction of sp³-hybridized carbons (Fsp3) is 0.438. The maximum Gasteiger partial charge on any atom is 0.239 e. The third kappa shape index (κ3) is 1.80. The SMILES string of the molecule is CC1(C)C2CCC1(C(=O)Nc1cc(Cl)ccc1Cl)C(=O)C2=O. The minimum absolute atomic E-state index is 0.332. The van der Waals surface area contributed by atoms with Crippen LogP contribution >= 0.6 is 23.2 Å². The van der Waals surface area contributed by atoms with Crippen molar-refractivity contribution in [1.29, 1.82) is 0 Å². The largest absolute Gasteiger partial charge is 0.324 e. The summed E-state index contributed by atoms with van der Waals surface area (Å²) in [4.78, 5) is 37.4. The number of benzene rings is 1. The van der Waals surface area contributed by atoms with E-state index in [2.05, 4.69) is 5.32 Å². The number of Topliss-reactive ketones (excluding diaryl/α,β-unsaturated/α-hetero) is 2. The molecule has 116 valence electrons. The van der Waals surface area contributed by atoms with E-state index in [0.717, 1.165) is 0 Å². The van der Waals surface area contributed by atoms with Crippen LogP contribution in [0.4, 0.5) is 5.69 Å². The first kappa shape index (κ1) is 15.5. The van der Waals surface area contributed by atoms with Crippen molar-refractivity contribution in [2.24, 2.45) is 16.7 Å². The highest BCUT2D eigenvalue weighted by Gasteiger charge is 2.72. The Morgan fingerprint density at radius 1 is 1.27 bits per heavy atom. The van der Waals surface area contributed by atoms with Crippen LogP contribution in [0.3, 0.4) is 0 Å². The molecule has 2 fully saturated rings. The highest BCUT2D eigenvalue weighted by atomic mass is 35.5. The Morgan fingerprint density at radius 2 is 1.95 bits per heavy atom. The monoisotopic (exact) mass is 339 g/mol. The number of carbonyl (C=O) groups is 3. The fourth-order valence-electron chi connectivity index (χ4n) is 3.91. The van der Waals surface area contributed by atoms with Crippen molar-refractivity contribution in [3.63, 3.8) is 0 Å². The van der Waals surface area contributed by atoms with Crippen molar-refractivity contribution in [1.82, 2.24) is 0 Å². The van der Waals surface area contributed by atoms with Crippen molar-refractivity contribution < 1.29 is 14.4 Å². The molecule has 0 aliphatic heterocycles. The van der Waals surface area contributed by atoms with Crippen LogP contribution in [0.25, 0.3) is 0 Å². The van der Waals surface area contributed by atoms with Crippen LogP contribution in [0.15, 0.2) is 18.2 Å². The van der Waals surface area contributed by atoms with Gasteiger partial charge in [0.25, 0.3) is 0 Å². The fourth-order valence-corrected chi connectivity index (χ4v) is 4.24. The number of fused-ring (bicyclic) bond motifs is 2. The van der Waals surface area contributed by atoms with Gasteiger partial charge in [0, 0.05) is 10.9 Å². The zero-order valence-corrected chi connectivity index (χ0v) is 13.7. The normalized spacial score (nSPS) is 29.0. The quantitative estimate of drug-likeness (QED) is 0.662. The molecule has 2 bridgehead atoms. The molecule has 1 N–H and O–H groups in total. The third-order valence-corrected chi connectivity index (χ3v) is 5.84. The molecule has 2 saturated carbocycles. The smallest absolute Gasteiger partial charge is 0.239 e. The van der Waals surface area contributed by atoms with Crippen molar-refractivity contribution in [3.05, 3.63) is 28.2 Å². The molecule has 0 spiro atoms. The predicted octanol–water partition coefficient (Wildman–Crippen LogP) is 3.51. The summed E-state index contributed by atoms with van der Waals surface area (Å²) in [5.41, 5.74) is -1.64. The minimum atomic E-state index is -1.31. The summed E-state index contributed by atoms with van der Waals surface area (Å²) in [6, 6.07) is 4.71. The molecule has 1 aromatic carbocycles. The summed E-state index contributed by atoms with van der Waals surface area (Å²) < 4.78 is 0. The van der Waals surface area contributed by atoms with Crippen LogP contribution < -0.4 is 5.32 Å². The Morgan fingerprint density at radius 3 is 2.55 bits per heavy atom. The molecule has 3 rings (SSSR count). The van der Waals surface area contributed by atoms with E-state index in [9.17, 15) is 14.4 Å². The van der Waals surface area contributed by atoms with Crippen molar-refractivity contribution >= 4 is 46.4 Å². The summed E-state index contributed by atoms with van der Waals surface area (Å²) in [5, 5.41) is 3.45. The first-order chi connectivity index (χ1) is 10.2. The molecular formula is C16H15Cl2NO3. The van der Waals surface area contributed by atoms with Crippen LogP contribution in [0.5, 0.6) is 0 Å². The molecule has 4 nitrogen and oxygen atoms in total. The topological polar surface area (TPSA) is 63.2 Å². The Bertz CT molecular complexity index is 713. The van der Waals surface area contributed by atoms with Gasteiger partial charge in [0.15, 0.2) is 0 Å². The Balaban J connectivity index is 2.00. The van der Waals surface area contributed by atoms with Crippen molar-refractivity contribution in [2.45, 2.75) is 26.7 Å². The molecule has 2 aliphatic rings. The van der Waals surface area contributed by atoms with Gasteiger partial charge in [-0.1, -0.05) is 37.0 Å². The van der Waals surface area contributed by atoms with Crippen LogP contribution in [0.2, 0.25) is 10.0 Å². The lowest BCUT2D eigenvalue weighted by molar-refractivity contribution is -0.147. The summed E-state index contributed by atoms with van der Waals surface area (Å²) >= 11 is 12.0. The summed E-state index contributed by atoms with van der Waals surface area (Å²) in [6.45, 7) is 3.62. The van der Waals surface area contributed by atoms with Crippen LogP contribution in [-0.2, 0) is 14.4 Å². The second-order valence-electron chi connectivity index (χ2n) is 6.49. The molecule has 0 aromatic heterocycles. The van der Waals surface area contributed by atoms with Gasteiger partial charge in [0.2, 0.25) is 17.5 Å². The molecule has 22 heavy (non-hydrogen) atoms. The molecule has 0 radical (unpaired) electrons. The molecule has 2 atom stereocenters. The molecule has 1 amide bonds. The van der Waals surface area contributed by atoms with Crippen molar-refractivity contribution in [3.8, 4) is 0 Å². The van der Waals surface area contributed by atoms with E-state index in [1.807, 2.05) is 13.8 Å². The molecule has 0 saturated heterocycles. The van der Waals surface area contributed by atoms with E-state index < -0.39 is 28.3 Å². The standard InChI is InChI=1S/C16H15Cl2NO3/c1-15(2)9-5-6-16(15,13(21)12(9)20)14(22)19-11-7-8(17)3-4-10(11)18/h3-4,7,9H,5-6H2,1-2H3,(H,19,22). The number of nitrogens with one attached hydrogen (secondary N) is 1. The minimum Gasteiger partial charge on any atom is -0.324 e. The van der Waals surface area contributed by atoms with Gasteiger partial charge in [-0.3, -0.25) is 14.4 Å². The Kier molecular flexibility index (Phi) is 3.38. The average molecular weight is 340 g/mol. The first-order valence-electron chi connectivity index (χ1n) is 7.07. The van der Waals surface area contributed by atoms with E-state index in [-0.39, 0.29) is 5.92 Å². The number of halogens is 2. The number of ketones is 2. The summed E-state index contributed by atoms with van der Waals surface area (Å²) in [5.74, 6) is -1.85. The second-order valence-corrected chi connectivity index (χ2v) is 7.33. The van der Waals surface area contributed by atoms with E-state index >= 15 is 0 Å².